The van der Waals surface area contributed by atoms with E-state index < -0.39 is 6.29 Å². The highest BCUT2D eigenvalue weighted by Gasteiger charge is 2.24. The molecule has 1 N–H and O–H groups in total. The first-order valence-electron chi connectivity index (χ1n) is 4.33. The molecule has 0 aromatic heterocycles. The summed E-state index contributed by atoms with van der Waals surface area (Å²) in [6.45, 7) is 2.16. The molecule has 0 aliphatic carbocycles. The third kappa shape index (κ3) is 3.97. The van der Waals surface area contributed by atoms with E-state index in [0.717, 1.165) is 6.42 Å². The van der Waals surface area contributed by atoms with Gasteiger partial charge < -0.3 is 14.6 Å². The van der Waals surface area contributed by atoms with Gasteiger partial charge in [-0.25, -0.2) is 0 Å². The number of carbonyl (C=O) groups excluding carboxylic acids is 1. The minimum atomic E-state index is -0.708. The van der Waals surface area contributed by atoms with Gasteiger partial charge in [0.05, 0.1) is 0 Å². The minimum absolute atomic E-state index is 0.198. The first kappa shape index (κ1) is 10.8. The van der Waals surface area contributed by atoms with Crippen LogP contribution in [0.2, 0.25) is 0 Å². The Hall–Kier alpha value is -0.260. The molecular weight excluding hydrogens is 192 g/mol. The zero-order valence-electron chi connectivity index (χ0n) is 7.56. The predicted octanol–water partition coefficient (Wildman–Crippen LogP) is 0.738. The Labute approximate surface area is 81.6 Å². The Morgan fingerprint density at radius 3 is 3.08 bits per heavy atom. The predicted molar refractivity (Wildman–Crippen MR) is 49.2 cm³/mol. The summed E-state index contributed by atoms with van der Waals surface area (Å²) < 4.78 is 9.95. The van der Waals surface area contributed by atoms with E-state index in [1.807, 2.05) is 6.92 Å². The fraction of sp³-hybridized carbons (Fsp3) is 0.875. The summed E-state index contributed by atoms with van der Waals surface area (Å²) in [6.07, 6.45) is 0.528. The number of aliphatic hydroxyl groups excluding tert-OH is 1. The van der Waals surface area contributed by atoms with Crippen molar-refractivity contribution >= 4 is 17.7 Å². The quantitative estimate of drug-likeness (QED) is 0.687. The van der Waals surface area contributed by atoms with Gasteiger partial charge in [-0.1, -0.05) is 6.92 Å². The SMILES string of the molecule is CCCC(=O)OCC1OC(O)CS1. The average Bonchev–Trinajstić information content (AvgIpc) is 2.49. The van der Waals surface area contributed by atoms with Crippen LogP contribution in [-0.4, -0.2) is 35.2 Å². The first-order valence-corrected chi connectivity index (χ1v) is 5.38. The molecule has 0 bridgehead atoms. The summed E-state index contributed by atoms with van der Waals surface area (Å²) in [5.41, 5.74) is -0.198. The van der Waals surface area contributed by atoms with E-state index in [2.05, 4.69) is 0 Å². The van der Waals surface area contributed by atoms with Gasteiger partial charge in [-0.3, -0.25) is 4.79 Å². The zero-order valence-corrected chi connectivity index (χ0v) is 8.38. The van der Waals surface area contributed by atoms with Crippen LogP contribution in [0.3, 0.4) is 0 Å². The van der Waals surface area contributed by atoms with Crippen LogP contribution >= 0.6 is 11.8 Å². The molecule has 1 heterocycles. The molecule has 0 spiro atoms. The van der Waals surface area contributed by atoms with E-state index in [9.17, 15) is 4.79 Å². The second kappa shape index (κ2) is 5.47. The van der Waals surface area contributed by atoms with Crippen molar-refractivity contribution in [2.24, 2.45) is 0 Å². The van der Waals surface area contributed by atoms with E-state index in [0.29, 0.717) is 12.2 Å². The molecule has 1 rings (SSSR count). The number of thioether (sulfide) groups is 1. The van der Waals surface area contributed by atoms with Gasteiger partial charge in [-0.15, -0.1) is 11.8 Å². The summed E-state index contributed by atoms with van der Waals surface area (Å²) in [5, 5.41) is 8.98. The molecule has 1 aliphatic rings. The van der Waals surface area contributed by atoms with Crippen molar-refractivity contribution in [3.63, 3.8) is 0 Å². The third-order valence-corrected chi connectivity index (χ3v) is 2.66. The topological polar surface area (TPSA) is 55.8 Å². The van der Waals surface area contributed by atoms with Gasteiger partial charge in [0.25, 0.3) is 0 Å². The van der Waals surface area contributed by atoms with Crippen LogP contribution in [0.15, 0.2) is 0 Å². The molecule has 0 amide bonds. The molecule has 1 aliphatic heterocycles. The van der Waals surface area contributed by atoms with Crippen molar-refractivity contribution in [2.75, 3.05) is 12.4 Å². The molecule has 2 atom stereocenters. The number of hydrogen-bond acceptors (Lipinski definition) is 5. The molecular formula is C8H14O4S. The Morgan fingerprint density at radius 2 is 2.54 bits per heavy atom. The first-order chi connectivity index (χ1) is 6.22. The second-order valence-electron chi connectivity index (χ2n) is 2.79. The van der Waals surface area contributed by atoms with Crippen molar-refractivity contribution < 1.29 is 19.4 Å². The lowest BCUT2D eigenvalue weighted by molar-refractivity contribution is -0.150. The number of carbonyl (C=O) groups is 1. The Balaban J connectivity index is 2.09. The van der Waals surface area contributed by atoms with Crippen LogP contribution in [0.4, 0.5) is 0 Å². The molecule has 13 heavy (non-hydrogen) atoms. The van der Waals surface area contributed by atoms with Crippen LogP contribution in [0.1, 0.15) is 19.8 Å². The molecule has 0 aromatic carbocycles. The summed E-state index contributed by atoms with van der Waals surface area (Å²) >= 11 is 1.46. The maximum absolute atomic E-state index is 10.9. The van der Waals surface area contributed by atoms with Gasteiger partial charge in [0.1, 0.15) is 12.0 Å². The largest absolute Gasteiger partial charge is 0.462 e. The standard InChI is InChI=1S/C8H14O4S/c1-2-3-6(9)11-4-8-12-7(10)5-13-8/h7-8,10H,2-5H2,1H3. The molecule has 1 saturated heterocycles. The van der Waals surface area contributed by atoms with Crippen molar-refractivity contribution in [1.29, 1.82) is 0 Å². The summed E-state index contributed by atoms with van der Waals surface area (Å²) in [4.78, 5) is 10.9. The van der Waals surface area contributed by atoms with E-state index >= 15 is 0 Å². The fourth-order valence-electron chi connectivity index (χ4n) is 0.968. The van der Waals surface area contributed by atoms with E-state index in [4.69, 9.17) is 14.6 Å². The molecule has 1 fully saturated rings. The molecule has 5 heteroatoms. The fourth-order valence-corrected chi connectivity index (χ4v) is 1.80. The maximum atomic E-state index is 10.9. The van der Waals surface area contributed by atoms with Gasteiger partial charge >= 0.3 is 5.97 Å². The lowest BCUT2D eigenvalue weighted by Crippen LogP contribution is -2.18. The summed E-state index contributed by atoms with van der Waals surface area (Å²) in [7, 11) is 0. The molecule has 76 valence electrons. The smallest absolute Gasteiger partial charge is 0.305 e. The van der Waals surface area contributed by atoms with Crippen molar-refractivity contribution in [1.82, 2.24) is 0 Å². The molecule has 2 unspecified atom stereocenters. The highest BCUT2D eigenvalue weighted by molar-refractivity contribution is 8.00. The van der Waals surface area contributed by atoms with Crippen LogP contribution in [0, 0.1) is 0 Å². The Kier molecular flexibility index (Phi) is 4.55. The number of rotatable bonds is 4. The van der Waals surface area contributed by atoms with E-state index in [-0.39, 0.29) is 18.0 Å². The van der Waals surface area contributed by atoms with Crippen LogP contribution in [-0.2, 0) is 14.3 Å². The van der Waals surface area contributed by atoms with Crippen molar-refractivity contribution in [3.05, 3.63) is 0 Å². The van der Waals surface area contributed by atoms with Crippen molar-refractivity contribution in [3.8, 4) is 0 Å². The Morgan fingerprint density at radius 1 is 1.77 bits per heavy atom. The highest BCUT2D eigenvalue weighted by atomic mass is 32.2. The van der Waals surface area contributed by atoms with E-state index in [1.165, 1.54) is 11.8 Å². The third-order valence-electron chi connectivity index (χ3n) is 1.57. The van der Waals surface area contributed by atoms with Gasteiger partial charge in [0.15, 0.2) is 6.29 Å². The summed E-state index contributed by atoms with van der Waals surface area (Å²) in [6, 6.07) is 0. The lowest BCUT2D eigenvalue weighted by atomic mass is 10.3. The Bertz CT molecular complexity index is 174. The van der Waals surface area contributed by atoms with Crippen molar-refractivity contribution in [2.45, 2.75) is 31.5 Å². The normalized spacial score (nSPS) is 27.5. The minimum Gasteiger partial charge on any atom is -0.462 e. The van der Waals surface area contributed by atoms with Gasteiger partial charge in [0.2, 0.25) is 0 Å². The lowest BCUT2D eigenvalue weighted by Gasteiger charge is -2.09. The molecule has 0 saturated carbocycles. The maximum Gasteiger partial charge on any atom is 0.305 e. The monoisotopic (exact) mass is 206 g/mol. The summed E-state index contributed by atoms with van der Waals surface area (Å²) in [5.74, 6) is 0.351. The van der Waals surface area contributed by atoms with Crippen LogP contribution in [0.25, 0.3) is 0 Å². The molecule has 0 radical (unpaired) electrons. The number of aliphatic hydroxyl groups is 1. The van der Waals surface area contributed by atoms with Crippen LogP contribution < -0.4 is 0 Å². The van der Waals surface area contributed by atoms with E-state index in [1.54, 1.807) is 0 Å². The second-order valence-corrected chi connectivity index (χ2v) is 3.98. The molecule has 0 aromatic rings. The average molecular weight is 206 g/mol. The van der Waals surface area contributed by atoms with Gasteiger partial charge in [-0.05, 0) is 6.42 Å². The number of ether oxygens (including phenoxy) is 2. The number of esters is 1. The molecule has 4 nitrogen and oxygen atoms in total. The van der Waals surface area contributed by atoms with Crippen LogP contribution in [0.5, 0.6) is 0 Å². The highest BCUT2D eigenvalue weighted by Crippen LogP contribution is 2.23. The number of hydrogen-bond donors (Lipinski definition) is 1. The van der Waals surface area contributed by atoms with Gasteiger partial charge in [0, 0.05) is 12.2 Å². The zero-order chi connectivity index (χ0) is 9.68. The van der Waals surface area contributed by atoms with Gasteiger partial charge in [-0.2, -0.15) is 0 Å².